The summed E-state index contributed by atoms with van der Waals surface area (Å²) >= 11 is 9.35. The number of phenolic OH excluding ortho intramolecular Hbond substituents is 1. The van der Waals surface area contributed by atoms with Crippen LogP contribution in [0.4, 0.5) is 5.69 Å². The zero-order chi connectivity index (χ0) is 15.4. The molecule has 1 unspecified atom stereocenters. The third-order valence-corrected chi connectivity index (χ3v) is 4.02. The Kier molecular flexibility index (Phi) is 5.11. The molecule has 0 aliphatic rings. The Bertz CT molecular complexity index is 697. The zero-order valence-corrected chi connectivity index (χ0v) is 13.7. The van der Waals surface area contributed by atoms with Crippen molar-refractivity contribution in [1.29, 1.82) is 5.26 Å². The van der Waals surface area contributed by atoms with Crippen LogP contribution >= 0.6 is 27.5 Å². The molecule has 0 fully saturated rings. The lowest BCUT2D eigenvalue weighted by Gasteiger charge is -2.20. The standard InChI is InChI=1S/C16H14BrClN2O/c1-2-15(13-8-11(17)3-6-16(13)21)20-12-4-5-14(18)10(7-12)9-19/h3-8,15,20-21H,2H2,1H3. The maximum atomic E-state index is 10.0. The third-order valence-electron chi connectivity index (χ3n) is 3.20. The van der Waals surface area contributed by atoms with E-state index in [0.29, 0.717) is 10.6 Å². The summed E-state index contributed by atoms with van der Waals surface area (Å²) in [5, 5.41) is 22.8. The van der Waals surface area contributed by atoms with Gasteiger partial charge in [0.1, 0.15) is 11.8 Å². The van der Waals surface area contributed by atoms with Crippen LogP contribution in [0.2, 0.25) is 5.02 Å². The van der Waals surface area contributed by atoms with E-state index < -0.39 is 0 Å². The summed E-state index contributed by atoms with van der Waals surface area (Å²) in [7, 11) is 0. The summed E-state index contributed by atoms with van der Waals surface area (Å²) in [6.07, 6.45) is 0.786. The summed E-state index contributed by atoms with van der Waals surface area (Å²) in [6.45, 7) is 2.03. The van der Waals surface area contributed by atoms with E-state index in [1.54, 1.807) is 24.3 Å². The molecule has 21 heavy (non-hydrogen) atoms. The second-order valence-electron chi connectivity index (χ2n) is 4.61. The number of nitriles is 1. The van der Waals surface area contributed by atoms with Crippen LogP contribution in [0.25, 0.3) is 0 Å². The Balaban J connectivity index is 2.31. The molecule has 1 atom stereocenters. The smallest absolute Gasteiger partial charge is 0.120 e. The van der Waals surface area contributed by atoms with E-state index in [1.807, 2.05) is 19.1 Å². The molecular weight excluding hydrogens is 352 g/mol. The average Bonchev–Trinajstić information content (AvgIpc) is 2.49. The second-order valence-corrected chi connectivity index (χ2v) is 5.94. The maximum absolute atomic E-state index is 10.0. The van der Waals surface area contributed by atoms with Crippen molar-refractivity contribution in [3.63, 3.8) is 0 Å². The molecule has 2 rings (SSSR count). The van der Waals surface area contributed by atoms with E-state index >= 15 is 0 Å². The van der Waals surface area contributed by atoms with Crippen LogP contribution in [0.1, 0.15) is 30.5 Å². The quantitative estimate of drug-likeness (QED) is 0.778. The van der Waals surface area contributed by atoms with Gasteiger partial charge in [-0.15, -0.1) is 0 Å². The molecule has 2 N–H and O–H groups in total. The predicted molar refractivity (Wildman–Crippen MR) is 88.6 cm³/mol. The van der Waals surface area contributed by atoms with Crippen molar-refractivity contribution in [2.75, 3.05) is 5.32 Å². The molecule has 0 saturated heterocycles. The SMILES string of the molecule is CCC(Nc1ccc(Cl)c(C#N)c1)c1cc(Br)ccc1O. The Labute approximate surface area is 137 Å². The number of hydrogen-bond donors (Lipinski definition) is 2. The lowest BCUT2D eigenvalue weighted by Crippen LogP contribution is -2.10. The highest BCUT2D eigenvalue weighted by Crippen LogP contribution is 2.32. The van der Waals surface area contributed by atoms with Crippen molar-refractivity contribution in [3.05, 3.63) is 57.0 Å². The monoisotopic (exact) mass is 364 g/mol. The lowest BCUT2D eigenvalue weighted by molar-refractivity contribution is 0.462. The van der Waals surface area contributed by atoms with Gasteiger partial charge in [0.15, 0.2) is 0 Å². The van der Waals surface area contributed by atoms with Gasteiger partial charge >= 0.3 is 0 Å². The zero-order valence-electron chi connectivity index (χ0n) is 11.4. The predicted octanol–water partition coefficient (Wildman–Crippen LogP) is 5.24. The van der Waals surface area contributed by atoms with E-state index in [-0.39, 0.29) is 11.8 Å². The second kappa shape index (κ2) is 6.84. The lowest BCUT2D eigenvalue weighted by atomic mass is 10.0. The molecule has 0 bridgehead atoms. The summed E-state index contributed by atoms with van der Waals surface area (Å²) in [4.78, 5) is 0. The number of aromatic hydroxyl groups is 1. The summed E-state index contributed by atoms with van der Waals surface area (Å²) in [6, 6.07) is 12.6. The van der Waals surface area contributed by atoms with Crippen LogP contribution in [-0.2, 0) is 0 Å². The highest BCUT2D eigenvalue weighted by molar-refractivity contribution is 9.10. The van der Waals surface area contributed by atoms with E-state index in [4.69, 9.17) is 16.9 Å². The van der Waals surface area contributed by atoms with Gasteiger partial charge in [0, 0.05) is 15.7 Å². The first-order chi connectivity index (χ1) is 10.0. The number of anilines is 1. The fraction of sp³-hybridized carbons (Fsp3) is 0.188. The maximum Gasteiger partial charge on any atom is 0.120 e. The van der Waals surface area contributed by atoms with Crippen LogP contribution in [0, 0.1) is 11.3 Å². The normalized spacial score (nSPS) is 11.7. The number of rotatable bonds is 4. The van der Waals surface area contributed by atoms with Gasteiger partial charge in [-0.2, -0.15) is 5.26 Å². The molecule has 0 aliphatic heterocycles. The van der Waals surface area contributed by atoms with E-state index in [0.717, 1.165) is 22.1 Å². The van der Waals surface area contributed by atoms with Crippen LogP contribution in [0.3, 0.4) is 0 Å². The highest BCUT2D eigenvalue weighted by Gasteiger charge is 2.14. The molecule has 108 valence electrons. The van der Waals surface area contributed by atoms with E-state index in [9.17, 15) is 5.11 Å². The van der Waals surface area contributed by atoms with Crippen molar-refractivity contribution in [1.82, 2.24) is 0 Å². The van der Waals surface area contributed by atoms with Gasteiger partial charge in [-0.05, 0) is 42.8 Å². The number of nitrogens with zero attached hydrogens (tertiary/aromatic N) is 1. The number of hydrogen-bond acceptors (Lipinski definition) is 3. The largest absolute Gasteiger partial charge is 0.508 e. The van der Waals surface area contributed by atoms with Crippen molar-refractivity contribution >= 4 is 33.2 Å². The van der Waals surface area contributed by atoms with Crippen LogP contribution in [-0.4, -0.2) is 5.11 Å². The molecular formula is C16H14BrClN2O. The average molecular weight is 366 g/mol. The van der Waals surface area contributed by atoms with Gasteiger partial charge in [0.05, 0.1) is 16.6 Å². The van der Waals surface area contributed by atoms with Crippen molar-refractivity contribution in [2.24, 2.45) is 0 Å². The van der Waals surface area contributed by atoms with Crippen LogP contribution in [0.5, 0.6) is 5.75 Å². The van der Waals surface area contributed by atoms with Crippen molar-refractivity contribution in [2.45, 2.75) is 19.4 Å². The minimum atomic E-state index is -0.0600. The van der Waals surface area contributed by atoms with Gasteiger partial charge in [0.25, 0.3) is 0 Å². The van der Waals surface area contributed by atoms with Crippen LogP contribution in [0.15, 0.2) is 40.9 Å². The van der Waals surface area contributed by atoms with Gasteiger partial charge in [0.2, 0.25) is 0 Å². The number of phenols is 1. The molecule has 5 heteroatoms. The Morgan fingerprint density at radius 2 is 2.10 bits per heavy atom. The highest BCUT2D eigenvalue weighted by atomic mass is 79.9. The van der Waals surface area contributed by atoms with Crippen molar-refractivity contribution < 1.29 is 5.11 Å². The molecule has 0 aromatic heterocycles. The Morgan fingerprint density at radius 1 is 1.33 bits per heavy atom. The molecule has 2 aromatic rings. The summed E-state index contributed by atoms with van der Waals surface area (Å²) in [5.41, 5.74) is 2.03. The summed E-state index contributed by atoms with van der Waals surface area (Å²) < 4.78 is 0.907. The van der Waals surface area contributed by atoms with Crippen LogP contribution < -0.4 is 5.32 Å². The number of nitrogens with one attached hydrogen (secondary N) is 1. The number of halogens is 2. The van der Waals surface area contributed by atoms with Gasteiger partial charge < -0.3 is 10.4 Å². The topological polar surface area (TPSA) is 56.0 Å². The van der Waals surface area contributed by atoms with Gasteiger partial charge in [-0.1, -0.05) is 34.5 Å². The molecule has 0 aliphatic carbocycles. The fourth-order valence-electron chi connectivity index (χ4n) is 2.11. The number of benzene rings is 2. The molecule has 2 aromatic carbocycles. The molecule has 0 radical (unpaired) electrons. The first kappa shape index (κ1) is 15.7. The molecule has 3 nitrogen and oxygen atoms in total. The molecule has 0 spiro atoms. The minimum Gasteiger partial charge on any atom is -0.508 e. The first-order valence-corrected chi connectivity index (χ1v) is 7.66. The first-order valence-electron chi connectivity index (χ1n) is 6.49. The molecule has 0 heterocycles. The van der Waals surface area contributed by atoms with E-state index in [2.05, 4.69) is 27.3 Å². The Morgan fingerprint density at radius 3 is 2.76 bits per heavy atom. The Hall–Kier alpha value is -1.70. The minimum absolute atomic E-state index is 0.0600. The van der Waals surface area contributed by atoms with Gasteiger partial charge in [-0.3, -0.25) is 0 Å². The molecule has 0 saturated carbocycles. The van der Waals surface area contributed by atoms with E-state index in [1.165, 1.54) is 0 Å². The summed E-state index contributed by atoms with van der Waals surface area (Å²) in [5.74, 6) is 0.243. The van der Waals surface area contributed by atoms with Crippen molar-refractivity contribution in [3.8, 4) is 11.8 Å². The van der Waals surface area contributed by atoms with Gasteiger partial charge in [-0.25, -0.2) is 0 Å². The fourth-order valence-corrected chi connectivity index (χ4v) is 2.64. The third kappa shape index (κ3) is 3.69. The molecule has 0 amide bonds.